The molecule has 18 heavy (non-hydrogen) atoms. The molecular formula is C14H21NO3. The fourth-order valence-electron chi connectivity index (χ4n) is 2.22. The predicted molar refractivity (Wildman–Crippen MR) is 70.0 cm³/mol. The van der Waals surface area contributed by atoms with E-state index in [9.17, 15) is 5.11 Å². The van der Waals surface area contributed by atoms with Gasteiger partial charge in [0, 0.05) is 19.6 Å². The molecule has 1 atom stereocenters. The van der Waals surface area contributed by atoms with Crippen LogP contribution in [0.5, 0.6) is 11.5 Å². The minimum Gasteiger partial charge on any atom is -0.504 e. The second-order valence-electron chi connectivity index (χ2n) is 4.65. The predicted octanol–water partition coefficient (Wildman–Crippen LogP) is 2.01. The van der Waals surface area contributed by atoms with Crippen LogP contribution in [0.25, 0.3) is 0 Å². The standard InChI is InChI=1S/C14H21NO3/c1-3-17-14-8-12(4-5-13(14)16)10-15-6-7-18-11(2)9-15/h4-5,8,11,16H,3,6-7,9-10H2,1-2H3. The molecule has 1 fully saturated rings. The third-order valence-corrected chi connectivity index (χ3v) is 3.06. The largest absolute Gasteiger partial charge is 0.504 e. The molecule has 1 saturated heterocycles. The summed E-state index contributed by atoms with van der Waals surface area (Å²) in [6.07, 6.45) is 0.294. The number of aromatic hydroxyl groups is 1. The molecule has 1 N–H and O–H groups in total. The monoisotopic (exact) mass is 251 g/mol. The third-order valence-electron chi connectivity index (χ3n) is 3.06. The van der Waals surface area contributed by atoms with Crippen molar-refractivity contribution in [3.63, 3.8) is 0 Å². The molecule has 4 nitrogen and oxygen atoms in total. The van der Waals surface area contributed by atoms with Gasteiger partial charge in [0.05, 0.1) is 19.3 Å². The Bertz CT molecular complexity index is 395. The van der Waals surface area contributed by atoms with Crippen LogP contribution in [-0.4, -0.2) is 42.4 Å². The molecule has 0 bridgehead atoms. The van der Waals surface area contributed by atoms with Crippen molar-refractivity contribution in [2.45, 2.75) is 26.5 Å². The maximum Gasteiger partial charge on any atom is 0.161 e. The Morgan fingerprint density at radius 2 is 2.33 bits per heavy atom. The van der Waals surface area contributed by atoms with Crippen molar-refractivity contribution in [2.75, 3.05) is 26.3 Å². The molecule has 1 aromatic carbocycles. The van der Waals surface area contributed by atoms with Gasteiger partial charge in [-0.15, -0.1) is 0 Å². The van der Waals surface area contributed by atoms with Crippen molar-refractivity contribution < 1.29 is 14.6 Å². The normalized spacial score (nSPS) is 20.9. The molecule has 0 amide bonds. The molecule has 100 valence electrons. The lowest BCUT2D eigenvalue weighted by Crippen LogP contribution is -2.40. The van der Waals surface area contributed by atoms with E-state index in [1.54, 1.807) is 6.07 Å². The lowest BCUT2D eigenvalue weighted by atomic mass is 10.1. The minimum absolute atomic E-state index is 0.205. The number of hydrogen-bond acceptors (Lipinski definition) is 4. The Kier molecular flexibility index (Phi) is 4.44. The maximum atomic E-state index is 9.66. The smallest absolute Gasteiger partial charge is 0.161 e. The summed E-state index contributed by atoms with van der Waals surface area (Å²) in [5.74, 6) is 0.771. The number of morpholine rings is 1. The van der Waals surface area contributed by atoms with Gasteiger partial charge in [-0.1, -0.05) is 6.07 Å². The molecule has 4 heteroatoms. The van der Waals surface area contributed by atoms with Crippen molar-refractivity contribution in [1.82, 2.24) is 4.90 Å². The summed E-state index contributed by atoms with van der Waals surface area (Å²) < 4.78 is 10.9. The SMILES string of the molecule is CCOc1cc(CN2CCOC(C)C2)ccc1O. The van der Waals surface area contributed by atoms with Gasteiger partial charge in [0.2, 0.25) is 0 Å². The second kappa shape index (κ2) is 6.07. The van der Waals surface area contributed by atoms with Crippen LogP contribution >= 0.6 is 0 Å². The van der Waals surface area contributed by atoms with Crippen LogP contribution < -0.4 is 4.74 Å². The van der Waals surface area contributed by atoms with E-state index in [1.165, 1.54) is 0 Å². The summed E-state index contributed by atoms with van der Waals surface area (Å²) in [6.45, 7) is 8.13. The van der Waals surface area contributed by atoms with Gasteiger partial charge < -0.3 is 14.6 Å². The molecule has 1 heterocycles. The van der Waals surface area contributed by atoms with Gasteiger partial charge in [-0.3, -0.25) is 4.90 Å². The molecule has 1 aromatic rings. The van der Waals surface area contributed by atoms with Crippen LogP contribution in [0.4, 0.5) is 0 Å². The molecule has 1 unspecified atom stereocenters. The lowest BCUT2D eigenvalue weighted by Gasteiger charge is -2.31. The van der Waals surface area contributed by atoms with Crippen LogP contribution in [0.1, 0.15) is 19.4 Å². The number of hydrogen-bond donors (Lipinski definition) is 1. The highest BCUT2D eigenvalue weighted by molar-refractivity contribution is 5.41. The van der Waals surface area contributed by atoms with Crippen LogP contribution in [0.2, 0.25) is 0 Å². The molecule has 0 aromatic heterocycles. The van der Waals surface area contributed by atoms with Crippen molar-refractivity contribution in [3.8, 4) is 11.5 Å². The molecule has 2 rings (SSSR count). The fraction of sp³-hybridized carbons (Fsp3) is 0.571. The van der Waals surface area contributed by atoms with Crippen LogP contribution in [0.15, 0.2) is 18.2 Å². The van der Waals surface area contributed by atoms with Gasteiger partial charge in [-0.05, 0) is 31.5 Å². The number of nitrogens with zero attached hydrogens (tertiary/aromatic N) is 1. The first-order chi connectivity index (χ1) is 8.69. The van der Waals surface area contributed by atoms with E-state index in [4.69, 9.17) is 9.47 Å². The van der Waals surface area contributed by atoms with Gasteiger partial charge in [0.15, 0.2) is 11.5 Å². The molecular weight excluding hydrogens is 230 g/mol. The Morgan fingerprint density at radius 3 is 3.06 bits per heavy atom. The van der Waals surface area contributed by atoms with E-state index < -0.39 is 0 Å². The molecule has 0 aliphatic carbocycles. The first kappa shape index (κ1) is 13.2. The van der Waals surface area contributed by atoms with Crippen molar-refractivity contribution in [1.29, 1.82) is 0 Å². The number of rotatable bonds is 4. The minimum atomic E-state index is 0.205. The van der Waals surface area contributed by atoms with Gasteiger partial charge >= 0.3 is 0 Å². The quantitative estimate of drug-likeness (QED) is 0.889. The Morgan fingerprint density at radius 1 is 1.50 bits per heavy atom. The van der Waals surface area contributed by atoms with Gasteiger partial charge in [0.25, 0.3) is 0 Å². The summed E-state index contributed by atoms with van der Waals surface area (Å²) >= 11 is 0. The number of phenols is 1. The molecule has 1 aliphatic heterocycles. The lowest BCUT2D eigenvalue weighted by molar-refractivity contribution is -0.0212. The Labute approximate surface area is 108 Å². The summed E-state index contributed by atoms with van der Waals surface area (Å²) in [5.41, 5.74) is 1.16. The maximum absolute atomic E-state index is 9.66. The van der Waals surface area contributed by atoms with Crippen LogP contribution in [0.3, 0.4) is 0 Å². The number of benzene rings is 1. The van der Waals surface area contributed by atoms with Crippen molar-refractivity contribution >= 4 is 0 Å². The zero-order valence-corrected chi connectivity index (χ0v) is 11.1. The highest BCUT2D eigenvalue weighted by atomic mass is 16.5. The van der Waals surface area contributed by atoms with E-state index in [-0.39, 0.29) is 5.75 Å². The highest BCUT2D eigenvalue weighted by Gasteiger charge is 2.17. The van der Waals surface area contributed by atoms with Gasteiger partial charge in [0.1, 0.15) is 0 Å². The zero-order valence-electron chi connectivity index (χ0n) is 11.1. The Hall–Kier alpha value is -1.26. The highest BCUT2D eigenvalue weighted by Crippen LogP contribution is 2.27. The average Bonchev–Trinajstić information content (AvgIpc) is 2.34. The van der Waals surface area contributed by atoms with Gasteiger partial charge in [-0.2, -0.15) is 0 Å². The summed E-state index contributed by atoms with van der Waals surface area (Å²) in [7, 11) is 0. The van der Waals surface area contributed by atoms with E-state index >= 15 is 0 Å². The molecule has 0 spiro atoms. The molecule has 1 aliphatic rings. The molecule has 0 saturated carbocycles. The summed E-state index contributed by atoms with van der Waals surface area (Å²) in [4.78, 5) is 2.36. The van der Waals surface area contributed by atoms with E-state index in [2.05, 4.69) is 11.8 Å². The van der Waals surface area contributed by atoms with E-state index in [0.717, 1.165) is 31.8 Å². The average molecular weight is 251 g/mol. The Balaban J connectivity index is 2.02. The first-order valence-corrected chi connectivity index (χ1v) is 6.47. The van der Waals surface area contributed by atoms with E-state index in [0.29, 0.717) is 18.5 Å². The van der Waals surface area contributed by atoms with Gasteiger partial charge in [-0.25, -0.2) is 0 Å². The summed E-state index contributed by atoms with van der Waals surface area (Å²) in [6, 6.07) is 5.56. The van der Waals surface area contributed by atoms with Crippen molar-refractivity contribution in [3.05, 3.63) is 23.8 Å². The van der Waals surface area contributed by atoms with E-state index in [1.807, 2.05) is 19.1 Å². The topological polar surface area (TPSA) is 41.9 Å². The molecule has 0 radical (unpaired) electrons. The third kappa shape index (κ3) is 3.37. The number of ether oxygens (including phenoxy) is 2. The van der Waals surface area contributed by atoms with Crippen LogP contribution in [0, 0.1) is 0 Å². The zero-order chi connectivity index (χ0) is 13.0. The van der Waals surface area contributed by atoms with Crippen LogP contribution in [-0.2, 0) is 11.3 Å². The first-order valence-electron chi connectivity index (χ1n) is 6.47. The summed E-state index contributed by atoms with van der Waals surface area (Å²) in [5, 5.41) is 9.66. The fourth-order valence-corrected chi connectivity index (χ4v) is 2.22. The van der Waals surface area contributed by atoms with Crippen molar-refractivity contribution in [2.24, 2.45) is 0 Å². The number of phenolic OH excluding ortho intramolecular Hbond substituents is 1. The second-order valence-corrected chi connectivity index (χ2v) is 4.65.